The van der Waals surface area contributed by atoms with Gasteiger partial charge in [0.15, 0.2) is 12.4 Å². The van der Waals surface area contributed by atoms with Crippen molar-refractivity contribution in [3.05, 3.63) is 72.2 Å². The van der Waals surface area contributed by atoms with Gasteiger partial charge in [-0.2, -0.15) is 9.67 Å². The Morgan fingerprint density at radius 1 is 1.20 bits per heavy atom. The minimum atomic E-state index is 0.0239. The molecule has 5 nitrogen and oxygen atoms in total. The lowest BCUT2D eigenvalue weighted by molar-refractivity contribution is -0.684. The zero-order chi connectivity index (χ0) is 17.5. The second-order valence-electron chi connectivity index (χ2n) is 6.06. The largest absolute Gasteiger partial charge is 0.351 e. The molecule has 25 heavy (non-hydrogen) atoms. The fraction of sp³-hybridized carbons (Fsp3) is 0.250. The van der Waals surface area contributed by atoms with Gasteiger partial charge < -0.3 is 5.32 Å². The smallest absolute Gasteiger partial charge is 0.285 e. The SMILES string of the molecule is CCCNC(=O)C[n+]1cccc(-c2cc(Cc3ccccc3)[nH]n2)c1. The second kappa shape index (κ2) is 8.24. The van der Waals surface area contributed by atoms with E-state index >= 15 is 0 Å². The van der Waals surface area contributed by atoms with Crippen LogP contribution in [0.15, 0.2) is 60.9 Å². The van der Waals surface area contributed by atoms with E-state index in [0.29, 0.717) is 13.1 Å². The highest BCUT2D eigenvalue weighted by molar-refractivity contribution is 5.74. The third-order valence-electron chi connectivity index (χ3n) is 3.92. The molecule has 2 heterocycles. The van der Waals surface area contributed by atoms with Gasteiger partial charge in [-0.3, -0.25) is 9.89 Å². The quantitative estimate of drug-likeness (QED) is 0.652. The summed E-state index contributed by atoms with van der Waals surface area (Å²) in [5, 5.41) is 10.4. The standard InChI is InChI=1S/C20H22N4O/c1-2-10-21-20(25)15-24-11-6-9-17(14-24)19-13-18(22-23-19)12-16-7-4-3-5-8-16/h3-9,11,13-14H,2,10,12,15H2,1H3,(H-,21,22,23,25)/p+1. The molecule has 0 saturated carbocycles. The van der Waals surface area contributed by atoms with Crippen LogP contribution in [0, 0.1) is 0 Å². The number of nitrogens with one attached hydrogen (secondary N) is 2. The number of aromatic amines is 1. The summed E-state index contributed by atoms with van der Waals surface area (Å²) in [6.45, 7) is 3.06. The molecule has 0 saturated heterocycles. The maximum absolute atomic E-state index is 11.9. The first-order valence-corrected chi connectivity index (χ1v) is 8.59. The van der Waals surface area contributed by atoms with Crippen molar-refractivity contribution < 1.29 is 9.36 Å². The summed E-state index contributed by atoms with van der Waals surface area (Å²) >= 11 is 0. The summed E-state index contributed by atoms with van der Waals surface area (Å²) < 4.78 is 1.88. The topological polar surface area (TPSA) is 61.7 Å². The highest BCUT2D eigenvalue weighted by atomic mass is 16.1. The molecule has 3 rings (SSSR count). The van der Waals surface area contributed by atoms with E-state index in [2.05, 4.69) is 33.7 Å². The lowest BCUT2D eigenvalue weighted by atomic mass is 10.1. The summed E-state index contributed by atoms with van der Waals surface area (Å²) in [5.41, 5.74) is 4.18. The summed E-state index contributed by atoms with van der Waals surface area (Å²) in [5.74, 6) is 0.0239. The summed E-state index contributed by atoms with van der Waals surface area (Å²) in [7, 11) is 0. The van der Waals surface area contributed by atoms with Crippen molar-refractivity contribution in [1.82, 2.24) is 15.5 Å². The lowest BCUT2D eigenvalue weighted by Crippen LogP contribution is -2.42. The Balaban J connectivity index is 1.70. The first kappa shape index (κ1) is 16.9. The van der Waals surface area contributed by atoms with Crippen LogP contribution in [0.25, 0.3) is 11.3 Å². The average Bonchev–Trinajstić information content (AvgIpc) is 3.09. The summed E-state index contributed by atoms with van der Waals surface area (Å²) in [6.07, 6.45) is 5.61. The molecule has 0 aliphatic heterocycles. The van der Waals surface area contributed by atoms with Gasteiger partial charge in [0, 0.05) is 24.7 Å². The molecule has 0 unspecified atom stereocenters. The normalized spacial score (nSPS) is 10.6. The van der Waals surface area contributed by atoms with Crippen molar-refractivity contribution in [2.45, 2.75) is 26.3 Å². The van der Waals surface area contributed by atoms with E-state index in [1.54, 1.807) is 0 Å². The number of benzene rings is 1. The molecule has 0 radical (unpaired) electrons. The first-order chi connectivity index (χ1) is 12.2. The third kappa shape index (κ3) is 4.76. The summed E-state index contributed by atoms with van der Waals surface area (Å²) in [6, 6.07) is 16.3. The van der Waals surface area contributed by atoms with Gasteiger partial charge in [-0.1, -0.05) is 37.3 Å². The Morgan fingerprint density at radius 3 is 2.84 bits per heavy atom. The van der Waals surface area contributed by atoms with Crippen LogP contribution in [0.5, 0.6) is 0 Å². The molecule has 2 N–H and O–H groups in total. The number of nitrogens with zero attached hydrogens (tertiary/aromatic N) is 2. The number of aromatic nitrogens is 3. The van der Waals surface area contributed by atoms with Gasteiger partial charge in [0.1, 0.15) is 0 Å². The Hall–Kier alpha value is -2.95. The van der Waals surface area contributed by atoms with Gasteiger partial charge in [0.05, 0.1) is 11.3 Å². The Bertz CT molecular complexity index is 826. The molecular weight excluding hydrogens is 312 g/mol. The number of H-pyrrole nitrogens is 1. The van der Waals surface area contributed by atoms with E-state index in [1.165, 1.54) is 5.56 Å². The number of carbonyl (C=O) groups is 1. The molecule has 0 aliphatic rings. The Morgan fingerprint density at radius 2 is 2.04 bits per heavy atom. The molecular formula is C20H23N4O+. The Labute approximate surface area is 147 Å². The van der Waals surface area contributed by atoms with Gasteiger partial charge in [0.25, 0.3) is 5.91 Å². The van der Waals surface area contributed by atoms with Crippen LogP contribution in [-0.2, 0) is 17.8 Å². The number of amides is 1. The van der Waals surface area contributed by atoms with Crippen LogP contribution in [0.2, 0.25) is 0 Å². The number of rotatable bonds is 7. The average molecular weight is 335 g/mol. The fourth-order valence-electron chi connectivity index (χ4n) is 2.67. The summed E-state index contributed by atoms with van der Waals surface area (Å²) in [4.78, 5) is 11.9. The van der Waals surface area contributed by atoms with Crippen molar-refractivity contribution >= 4 is 5.91 Å². The van der Waals surface area contributed by atoms with Crippen LogP contribution >= 0.6 is 0 Å². The number of hydrogen-bond acceptors (Lipinski definition) is 2. The molecule has 1 aromatic carbocycles. The maximum atomic E-state index is 11.9. The molecule has 0 spiro atoms. The highest BCUT2D eigenvalue weighted by Crippen LogP contribution is 2.17. The monoisotopic (exact) mass is 335 g/mol. The van der Waals surface area contributed by atoms with Crippen molar-refractivity contribution in [2.75, 3.05) is 6.54 Å². The van der Waals surface area contributed by atoms with Gasteiger partial charge in [-0.15, -0.1) is 0 Å². The molecule has 128 valence electrons. The van der Waals surface area contributed by atoms with Crippen molar-refractivity contribution in [3.8, 4) is 11.3 Å². The van der Waals surface area contributed by atoms with Gasteiger partial charge in [0.2, 0.25) is 6.54 Å². The number of pyridine rings is 1. The van der Waals surface area contributed by atoms with Crippen molar-refractivity contribution in [2.24, 2.45) is 0 Å². The molecule has 1 amide bonds. The predicted octanol–water partition coefficient (Wildman–Crippen LogP) is 2.48. The van der Waals surface area contributed by atoms with Crippen molar-refractivity contribution in [1.29, 1.82) is 0 Å². The van der Waals surface area contributed by atoms with Gasteiger partial charge in [-0.05, 0) is 24.1 Å². The second-order valence-corrected chi connectivity index (χ2v) is 6.06. The van der Waals surface area contributed by atoms with E-state index in [1.807, 2.05) is 54.2 Å². The highest BCUT2D eigenvalue weighted by Gasteiger charge is 2.12. The molecule has 0 atom stereocenters. The first-order valence-electron chi connectivity index (χ1n) is 8.59. The minimum Gasteiger partial charge on any atom is -0.351 e. The van der Waals surface area contributed by atoms with Crippen LogP contribution < -0.4 is 9.88 Å². The number of carbonyl (C=O) groups excluding carboxylic acids is 1. The molecule has 0 aliphatic carbocycles. The van der Waals surface area contributed by atoms with E-state index in [0.717, 1.165) is 29.8 Å². The van der Waals surface area contributed by atoms with Gasteiger partial charge >= 0.3 is 0 Å². The molecule has 0 fully saturated rings. The minimum absolute atomic E-state index is 0.0239. The fourth-order valence-corrected chi connectivity index (χ4v) is 2.67. The van der Waals surface area contributed by atoms with Gasteiger partial charge in [-0.25, -0.2) is 0 Å². The Kier molecular flexibility index (Phi) is 5.57. The van der Waals surface area contributed by atoms with E-state index in [9.17, 15) is 4.79 Å². The lowest BCUT2D eigenvalue weighted by Gasteiger charge is -2.01. The molecule has 2 aromatic heterocycles. The van der Waals surface area contributed by atoms with Crippen LogP contribution in [0.4, 0.5) is 0 Å². The maximum Gasteiger partial charge on any atom is 0.285 e. The number of hydrogen-bond donors (Lipinski definition) is 2. The zero-order valence-electron chi connectivity index (χ0n) is 14.4. The van der Waals surface area contributed by atoms with E-state index in [-0.39, 0.29) is 5.91 Å². The zero-order valence-corrected chi connectivity index (χ0v) is 14.4. The van der Waals surface area contributed by atoms with Crippen LogP contribution in [0.3, 0.4) is 0 Å². The molecule has 0 bridgehead atoms. The van der Waals surface area contributed by atoms with E-state index in [4.69, 9.17) is 0 Å². The third-order valence-corrected chi connectivity index (χ3v) is 3.92. The molecule has 3 aromatic rings. The van der Waals surface area contributed by atoms with Crippen molar-refractivity contribution in [3.63, 3.8) is 0 Å². The van der Waals surface area contributed by atoms with Crippen LogP contribution in [0.1, 0.15) is 24.6 Å². The predicted molar refractivity (Wildman–Crippen MR) is 96.8 cm³/mol. The van der Waals surface area contributed by atoms with E-state index < -0.39 is 0 Å². The molecule has 5 heteroatoms. The van der Waals surface area contributed by atoms with Crippen LogP contribution in [-0.4, -0.2) is 22.6 Å².